The zero-order valence-corrected chi connectivity index (χ0v) is 16.3. The summed E-state index contributed by atoms with van der Waals surface area (Å²) in [5.41, 5.74) is 3.02. The number of aromatic hydroxyl groups is 1. The number of carbonyl (C=O) groups excluding carboxylic acids is 2. The lowest BCUT2D eigenvalue weighted by atomic mass is 9.71. The summed E-state index contributed by atoms with van der Waals surface area (Å²) in [6.07, 6.45) is 0.579. The zero-order chi connectivity index (χ0) is 20.4. The monoisotopic (exact) mass is 372 g/mol. The minimum absolute atomic E-state index is 0.0922. The maximum absolute atomic E-state index is 12.3. The lowest BCUT2D eigenvalue weighted by Crippen LogP contribution is -2.35. The SMILES string of the molecule is Bc1c(Oc2ccccc2)c(B)c2c(C)nc(C(=O)NCC=O)c(O)c2c1B. The van der Waals surface area contributed by atoms with Gasteiger partial charge < -0.3 is 20.0 Å². The van der Waals surface area contributed by atoms with Gasteiger partial charge >= 0.3 is 0 Å². The van der Waals surface area contributed by atoms with Crippen LogP contribution in [0.1, 0.15) is 16.2 Å². The van der Waals surface area contributed by atoms with Crippen LogP contribution in [0.4, 0.5) is 0 Å². The van der Waals surface area contributed by atoms with E-state index in [1.165, 1.54) is 0 Å². The number of hydrogen-bond acceptors (Lipinski definition) is 5. The van der Waals surface area contributed by atoms with E-state index < -0.39 is 5.91 Å². The van der Waals surface area contributed by atoms with Crippen LogP contribution in [-0.2, 0) is 4.79 Å². The number of rotatable bonds is 5. The van der Waals surface area contributed by atoms with Crippen LogP contribution in [0, 0.1) is 6.92 Å². The predicted octanol–water partition coefficient (Wildman–Crippen LogP) is -2.25. The fraction of sp³-hybridized carbons (Fsp3) is 0.105. The normalized spacial score (nSPS) is 10.6. The molecule has 138 valence electrons. The molecule has 3 rings (SSSR count). The van der Waals surface area contributed by atoms with E-state index in [9.17, 15) is 14.7 Å². The van der Waals surface area contributed by atoms with Crippen LogP contribution >= 0.6 is 0 Å². The van der Waals surface area contributed by atoms with E-state index >= 15 is 0 Å². The molecule has 0 aliphatic heterocycles. The second kappa shape index (κ2) is 7.80. The minimum Gasteiger partial charge on any atom is -0.505 e. The number of benzene rings is 2. The number of ether oxygens (including phenoxy) is 1. The van der Waals surface area contributed by atoms with Gasteiger partial charge in [-0.15, -0.1) is 0 Å². The summed E-state index contributed by atoms with van der Waals surface area (Å²) in [6, 6.07) is 9.47. The van der Waals surface area contributed by atoms with E-state index in [1.54, 1.807) is 6.92 Å². The Morgan fingerprint density at radius 2 is 1.82 bits per heavy atom. The summed E-state index contributed by atoms with van der Waals surface area (Å²) in [4.78, 5) is 27.1. The van der Waals surface area contributed by atoms with Crippen LogP contribution in [0.2, 0.25) is 0 Å². The second-order valence-corrected chi connectivity index (χ2v) is 6.64. The molecule has 9 heteroatoms. The largest absolute Gasteiger partial charge is 0.505 e. The van der Waals surface area contributed by atoms with E-state index in [0.29, 0.717) is 28.9 Å². The molecule has 6 nitrogen and oxygen atoms in total. The van der Waals surface area contributed by atoms with Crippen molar-refractivity contribution in [1.82, 2.24) is 10.3 Å². The van der Waals surface area contributed by atoms with Gasteiger partial charge in [0.1, 0.15) is 41.3 Å². The van der Waals surface area contributed by atoms with Crippen LogP contribution in [0.3, 0.4) is 0 Å². The zero-order valence-electron chi connectivity index (χ0n) is 16.3. The number of aryl methyl sites for hydroxylation is 1. The number of pyridine rings is 1. The number of aldehydes is 1. The smallest absolute Gasteiger partial charge is 0.274 e. The molecule has 1 amide bonds. The molecule has 28 heavy (non-hydrogen) atoms. The molecule has 0 bridgehead atoms. The number of carbonyl (C=O) groups is 2. The Bertz CT molecular complexity index is 1090. The Hall–Kier alpha value is -3.22. The van der Waals surface area contributed by atoms with E-state index in [0.717, 1.165) is 21.8 Å². The van der Waals surface area contributed by atoms with Gasteiger partial charge in [-0.25, -0.2) is 4.98 Å². The molecular formula is C19H19B3N2O4. The van der Waals surface area contributed by atoms with E-state index in [1.807, 2.05) is 53.9 Å². The highest BCUT2D eigenvalue weighted by molar-refractivity contribution is 6.58. The van der Waals surface area contributed by atoms with Gasteiger partial charge in [0.15, 0.2) is 11.4 Å². The molecule has 2 aromatic carbocycles. The Morgan fingerprint density at radius 3 is 2.46 bits per heavy atom. The maximum Gasteiger partial charge on any atom is 0.274 e. The summed E-state index contributed by atoms with van der Waals surface area (Å²) >= 11 is 0. The first-order chi connectivity index (χ1) is 13.4. The third-order valence-corrected chi connectivity index (χ3v) is 4.87. The average Bonchev–Trinajstić information content (AvgIpc) is 2.69. The number of para-hydroxylation sites is 1. The van der Waals surface area contributed by atoms with Crippen molar-refractivity contribution in [1.29, 1.82) is 0 Å². The van der Waals surface area contributed by atoms with Crippen LogP contribution in [0.25, 0.3) is 10.8 Å². The highest BCUT2D eigenvalue weighted by atomic mass is 16.5. The molecule has 0 aliphatic rings. The molecule has 0 fully saturated rings. The van der Waals surface area contributed by atoms with Crippen molar-refractivity contribution < 1.29 is 19.4 Å². The first kappa shape index (κ1) is 19.5. The lowest BCUT2D eigenvalue weighted by molar-refractivity contribution is -0.107. The number of hydrogen-bond donors (Lipinski definition) is 2. The second-order valence-electron chi connectivity index (χ2n) is 6.64. The van der Waals surface area contributed by atoms with E-state index in [2.05, 4.69) is 10.3 Å². The highest BCUT2D eigenvalue weighted by Gasteiger charge is 2.23. The summed E-state index contributed by atoms with van der Waals surface area (Å²) in [5, 5.41) is 14.5. The molecule has 0 unspecified atom stereocenters. The van der Waals surface area contributed by atoms with Crippen molar-refractivity contribution in [3.63, 3.8) is 0 Å². The highest BCUT2D eigenvalue weighted by Crippen LogP contribution is 2.29. The lowest BCUT2D eigenvalue weighted by Gasteiger charge is -2.20. The molecule has 0 radical (unpaired) electrons. The first-order valence-corrected chi connectivity index (χ1v) is 8.94. The molecule has 1 aromatic heterocycles. The number of amides is 1. The fourth-order valence-electron chi connectivity index (χ4n) is 3.41. The Balaban J connectivity index is 2.23. The number of nitrogens with zero attached hydrogens (tertiary/aromatic N) is 1. The van der Waals surface area contributed by atoms with Gasteiger partial charge in [0.25, 0.3) is 5.91 Å². The number of aromatic nitrogens is 1. The van der Waals surface area contributed by atoms with Crippen molar-refractivity contribution in [3.8, 4) is 17.2 Å². The van der Waals surface area contributed by atoms with Crippen LogP contribution in [0.15, 0.2) is 30.3 Å². The predicted molar refractivity (Wildman–Crippen MR) is 118 cm³/mol. The number of fused-ring (bicyclic) bond motifs is 1. The van der Waals surface area contributed by atoms with Gasteiger partial charge in [0.05, 0.1) is 6.54 Å². The van der Waals surface area contributed by atoms with Gasteiger partial charge in [0, 0.05) is 16.5 Å². The third kappa shape index (κ3) is 3.35. The van der Waals surface area contributed by atoms with Crippen LogP contribution < -0.4 is 26.4 Å². The van der Waals surface area contributed by atoms with Gasteiger partial charge in [-0.2, -0.15) is 0 Å². The fourth-order valence-corrected chi connectivity index (χ4v) is 3.41. The van der Waals surface area contributed by atoms with Crippen LogP contribution in [-0.4, -0.2) is 52.4 Å². The van der Waals surface area contributed by atoms with Crippen molar-refractivity contribution in [2.45, 2.75) is 6.92 Å². The maximum atomic E-state index is 12.3. The van der Waals surface area contributed by atoms with E-state index in [-0.39, 0.29) is 18.0 Å². The standard InChI is InChI=1S/C19H19B3N2O4/c1-9-11-12(17(26)16(24-9)19(27)23-7-8-25)13(20)15(22)18(14(11)21)28-10-5-3-2-4-6-10/h2-6,8,26H,7,20-22H2,1H3,(H,23,27). The Kier molecular flexibility index (Phi) is 5.45. The topological polar surface area (TPSA) is 88.5 Å². The van der Waals surface area contributed by atoms with Gasteiger partial charge in [-0.1, -0.05) is 29.1 Å². The quantitative estimate of drug-likeness (QED) is 0.390. The average molecular weight is 372 g/mol. The molecule has 0 aliphatic carbocycles. The first-order valence-electron chi connectivity index (χ1n) is 8.94. The van der Waals surface area contributed by atoms with E-state index in [4.69, 9.17) is 4.74 Å². The van der Waals surface area contributed by atoms with Gasteiger partial charge in [-0.3, -0.25) is 4.79 Å². The number of nitrogens with one attached hydrogen (secondary N) is 1. The summed E-state index contributed by atoms with van der Waals surface area (Å²) in [5.74, 6) is 0.638. The summed E-state index contributed by atoms with van der Waals surface area (Å²) in [7, 11) is 5.70. The molecule has 0 saturated heterocycles. The Labute approximate surface area is 165 Å². The van der Waals surface area contributed by atoms with Crippen LogP contribution in [0.5, 0.6) is 17.2 Å². The molecular weight excluding hydrogens is 353 g/mol. The van der Waals surface area contributed by atoms with Crippen molar-refractivity contribution in [2.24, 2.45) is 0 Å². The molecule has 3 aromatic rings. The van der Waals surface area contributed by atoms with Gasteiger partial charge in [-0.05, 0) is 24.5 Å². The minimum atomic E-state index is -0.589. The Morgan fingerprint density at radius 1 is 1.14 bits per heavy atom. The molecule has 0 atom stereocenters. The summed E-state index contributed by atoms with van der Waals surface area (Å²) in [6.45, 7) is 1.64. The summed E-state index contributed by atoms with van der Waals surface area (Å²) < 4.78 is 6.13. The van der Waals surface area contributed by atoms with Crippen molar-refractivity contribution >= 4 is 62.9 Å². The molecule has 1 heterocycles. The molecule has 0 spiro atoms. The molecule has 0 saturated carbocycles. The van der Waals surface area contributed by atoms with Crippen molar-refractivity contribution in [3.05, 3.63) is 41.7 Å². The molecule has 2 N–H and O–H groups in total. The van der Waals surface area contributed by atoms with Gasteiger partial charge in [0.2, 0.25) is 0 Å². The third-order valence-electron chi connectivity index (χ3n) is 4.87. The van der Waals surface area contributed by atoms with Crippen molar-refractivity contribution in [2.75, 3.05) is 6.54 Å².